The van der Waals surface area contributed by atoms with Crippen LogP contribution in [0.4, 0.5) is 13.2 Å². The molecule has 1 unspecified atom stereocenters. The van der Waals surface area contributed by atoms with E-state index in [0.717, 1.165) is 12.1 Å². The van der Waals surface area contributed by atoms with E-state index in [0.29, 0.717) is 11.5 Å². The van der Waals surface area contributed by atoms with Crippen molar-refractivity contribution in [1.82, 2.24) is 4.98 Å². The Hall–Kier alpha value is -2.77. The Labute approximate surface area is 148 Å². The average Bonchev–Trinajstić information content (AvgIpc) is 2.55. The molecule has 1 atom stereocenters. The van der Waals surface area contributed by atoms with Gasteiger partial charge in [0.25, 0.3) is 0 Å². The van der Waals surface area contributed by atoms with Crippen molar-refractivity contribution in [3.63, 3.8) is 0 Å². The Morgan fingerprint density at radius 2 is 1.73 bits per heavy atom. The van der Waals surface area contributed by atoms with E-state index in [1.54, 1.807) is 38.1 Å². The summed E-state index contributed by atoms with van der Waals surface area (Å²) in [5.74, 6) is 0.364. The van der Waals surface area contributed by atoms with Crippen molar-refractivity contribution < 1.29 is 32.2 Å². The van der Waals surface area contributed by atoms with E-state index in [1.807, 2.05) is 0 Å². The van der Waals surface area contributed by atoms with Crippen LogP contribution in [0.15, 0.2) is 36.4 Å². The number of benzene rings is 1. The zero-order chi connectivity index (χ0) is 19.3. The quantitative estimate of drug-likeness (QED) is 0.700. The fourth-order valence-corrected chi connectivity index (χ4v) is 2.11. The largest absolute Gasteiger partial charge is 0.479 e. The first-order chi connectivity index (χ1) is 12.2. The minimum absolute atomic E-state index is 0.0454. The van der Waals surface area contributed by atoms with Crippen molar-refractivity contribution in [3.8, 4) is 17.4 Å². The highest BCUT2D eigenvalue weighted by atomic mass is 19.4. The van der Waals surface area contributed by atoms with Crippen LogP contribution < -0.4 is 9.47 Å². The van der Waals surface area contributed by atoms with E-state index >= 15 is 0 Å². The number of hydrogen-bond donors (Lipinski definition) is 0. The molecule has 8 heteroatoms. The van der Waals surface area contributed by atoms with Gasteiger partial charge in [-0.05, 0) is 51.1 Å². The molecule has 0 aliphatic rings. The Bertz CT molecular complexity index is 760. The minimum Gasteiger partial charge on any atom is -0.479 e. The number of alkyl halides is 3. The van der Waals surface area contributed by atoms with Crippen molar-refractivity contribution >= 4 is 5.97 Å². The molecule has 1 aromatic heterocycles. The summed E-state index contributed by atoms with van der Waals surface area (Å²) in [7, 11) is 0. The number of hydrogen-bond acceptors (Lipinski definition) is 5. The average molecular weight is 369 g/mol. The molecule has 0 radical (unpaired) electrons. The summed E-state index contributed by atoms with van der Waals surface area (Å²) in [5, 5.41) is 0. The van der Waals surface area contributed by atoms with Crippen LogP contribution in [0.3, 0.4) is 0 Å². The Balaban J connectivity index is 2.03. The summed E-state index contributed by atoms with van der Waals surface area (Å²) in [6.07, 6.45) is -5.22. The maximum absolute atomic E-state index is 12.7. The molecule has 0 aliphatic heterocycles. The summed E-state index contributed by atoms with van der Waals surface area (Å²) < 4.78 is 53.9. The molecular formula is C18H18F3NO4. The van der Waals surface area contributed by atoms with Crippen LogP contribution in [0.5, 0.6) is 17.4 Å². The molecule has 5 nitrogen and oxygen atoms in total. The van der Waals surface area contributed by atoms with Gasteiger partial charge in [-0.2, -0.15) is 13.2 Å². The van der Waals surface area contributed by atoms with Crippen LogP contribution in [-0.2, 0) is 15.7 Å². The molecule has 0 spiro atoms. The first kappa shape index (κ1) is 19.6. The van der Waals surface area contributed by atoms with Crippen LogP contribution in [0.1, 0.15) is 25.1 Å². The second-order valence-electron chi connectivity index (χ2n) is 5.37. The highest BCUT2D eigenvalue weighted by Gasteiger charge is 2.33. The number of esters is 1. The third-order valence-electron chi connectivity index (χ3n) is 3.34. The molecule has 2 rings (SSSR count). The predicted octanol–water partition coefficient (Wildman–Crippen LogP) is 4.53. The van der Waals surface area contributed by atoms with Gasteiger partial charge >= 0.3 is 12.1 Å². The summed E-state index contributed by atoms with van der Waals surface area (Å²) in [6.45, 7) is 4.80. The van der Waals surface area contributed by atoms with Gasteiger partial charge in [0.15, 0.2) is 6.10 Å². The van der Waals surface area contributed by atoms with Crippen LogP contribution in [0.2, 0.25) is 0 Å². The number of aryl methyl sites for hydroxylation is 1. The lowest BCUT2D eigenvalue weighted by atomic mass is 10.2. The molecular weight excluding hydrogens is 351 g/mol. The lowest BCUT2D eigenvalue weighted by molar-refractivity contribution is -0.150. The molecule has 0 N–H and O–H groups in total. The van der Waals surface area contributed by atoms with Crippen LogP contribution in [0.25, 0.3) is 0 Å². The summed E-state index contributed by atoms with van der Waals surface area (Å²) in [4.78, 5) is 15.3. The van der Waals surface area contributed by atoms with Gasteiger partial charge in [-0.15, -0.1) is 0 Å². The molecule has 0 saturated carbocycles. The van der Waals surface area contributed by atoms with Gasteiger partial charge in [0, 0.05) is 6.07 Å². The van der Waals surface area contributed by atoms with Crippen molar-refractivity contribution in [2.75, 3.05) is 6.61 Å². The fourth-order valence-electron chi connectivity index (χ4n) is 2.11. The molecule has 0 amide bonds. The van der Waals surface area contributed by atoms with Crippen LogP contribution in [0, 0.1) is 6.92 Å². The van der Waals surface area contributed by atoms with Gasteiger partial charge in [0.1, 0.15) is 11.5 Å². The van der Waals surface area contributed by atoms with Gasteiger partial charge in [-0.3, -0.25) is 0 Å². The van der Waals surface area contributed by atoms with Crippen molar-refractivity contribution in [2.24, 2.45) is 0 Å². The number of halogens is 3. The molecule has 0 fully saturated rings. The molecule has 0 saturated heterocycles. The maximum Gasteiger partial charge on any atom is 0.418 e. The third-order valence-corrected chi connectivity index (χ3v) is 3.34. The molecule has 1 heterocycles. The number of carbonyl (C=O) groups is 1. The monoisotopic (exact) mass is 369 g/mol. The predicted molar refractivity (Wildman–Crippen MR) is 87.2 cm³/mol. The van der Waals surface area contributed by atoms with E-state index < -0.39 is 23.8 Å². The SMILES string of the molecule is CCOC(=O)C(C)Oc1ccc(Oc2ccc(C(F)(F)F)c(C)n2)cc1. The molecule has 1 aromatic carbocycles. The number of aromatic nitrogens is 1. The standard InChI is InChI=1S/C18H18F3NO4/c1-4-24-17(23)12(3)25-13-5-7-14(8-6-13)26-16-10-9-15(11(2)22-16)18(19,20)21/h5-10,12H,4H2,1-3H3. The number of carbonyl (C=O) groups excluding carboxylic acids is 1. The number of nitrogens with zero attached hydrogens (tertiary/aromatic N) is 1. The topological polar surface area (TPSA) is 57.7 Å². The number of rotatable bonds is 6. The lowest BCUT2D eigenvalue weighted by Crippen LogP contribution is -2.25. The molecule has 0 aliphatic carbocycles. The van der Waals surface area contributed by atoms with E-state index in [1.165, 1.54) is 6.92 Å². The Kier molecular flexibility index (Phi) is 6.07. The number of pyridine rings is 1. The molecule has 0 bridgehead atoms. The zero-order valence-corrected chi connectivity index (χ0v) is 14.5. The summed E-state index contributed by atoms with van der Waals surface area (Å²) in [6, 6.07) is 8.34. The van der Waals surface area contributed by atoms with Crippen molar-refractivity contribution in [3.05, 3.63) is 47.7 Å². The second kappa shape index (κ2) is 8.07. The van der Waals surface area contributed by atoms with Gasteiger partial charge in [-0.25, -0.2) is 9.78 Å². The third kappa shape index (κ3) is 5.11. The first-order valence-corrected chi connectivity index (χ1v) is 7.86. The van der Waals surface area contributed by atoms with E-state index in [-0.39, 0.29) is 18.2 Å². The summed E-state index contributed by atoms with van der Waals surface area (Å²) in [5.41, 5.74) is -0.972. The van der Waals surface area contributed by atoms with Gasteiger partial charge in [0.2, 0.25) is 5.88 Å². The smallest absolute Gasteiger partial charge is 0.418 e. The zero-order valence-electron chi connectivity index (χ0n) is 14.5. The molecule has 2 aromatic rings. The molecule has 26 heavy (non-hydrogen) atoms. The van der Waals surface area contributed by atoms with Gasteiger partial charge < -0.3 is 14.2 Å². The van der Waals surface area contributed by atoms with E-state index in [4.69, 9.17) is 14.2 Å². The van der Waals surface area contributed by atoms with Crippen LogP contribution in [-0.4, -0.2) is 23.7 Å². The maximum atomic E-state index is 12.7. The van der Waals surface area contributed by atoms with E-state index in [9.17, 15) is 18.0 Å². The normalized spacial score (nSPS) is 12.4. The van der Waals surface area contributed by atoms with Crippen molar-refractivity contribution in [1.29, 1.82) is 0 Å². The van der Waals surface area contributed by atoms with Crippen molar-refractivity contribution in [2.45, 2.75) is 33.1 Å². The van der Waals surface area contributed by atoms with Gasteiger partial charge in [-0.1, -0.05) is 0 Å². The second-order valence-corrected chi connectivity index (χ2v) is 5.37. The van der Waals surface area contributed by atoms with Crippen LogP contribution >= 0.6 is 0 Å². The Morgan fingerprint density at radius 3 is 2.27 bits per heavy atom. The number of ether oxygens (including phenoxy) is 3. The van der Waals surface area contributed by atoms with Gasteiger partial charge in [0.05, 0.1) is 17.9 Å². The van der Waals surface area contributed by atoms with E-state index in [2.05, 4.69) is 4.98 Å². The highest BCUT2D eigenvalue weighted by molar-refractivity contribution is 5.74. The fraction of sp³-hybridized carbons (Fsp3) is 0.333. The molecule has 140 valence electrons. The Morgan fingerprint density at radius 1 is 1.12 bits per heavy atom. The lowest BCUT2D eigenvalue weighted by Gasteiger charge is -2.14. The summed E-state index contributed by atoms with van der Waals surface area (Å²) >= 11 is 0. The minimum atomic E-state index is -4.45. The first-order valence-electron chi connectivity index (χ1n) is 7.86. The highest BCUT2D eigenvalue weighted by Crippen LogP contribution is 2.32.